The third-order valence-corrected chi connectivity index (χ3v) is 3.93. The van der Waals surface area contributed by atoms with E-state index in [1.807, 2.05) is 24.1 Å². The van der Waals surface area contributed by atoms with Gasteiger partial charge in [-0.05, 0) is 35.2 Å². The summed E-state index contributed by atoms with van der Waals surface area (Å²) < 4.78 is 13.0. The second-order valence-electron chi connectivity index (χ2n) is 5.77. The van der Waals surface area contributed by atoms with Gasteiger partial charge in [-0.3, -0.25) is 4.99 Å². The van der Waals surface area contributed by atoms with Crippen LogP contribution in [0.25, 0.3) is 10.9 Å². The Labute approximate surface area is 141 Å². The van der Waals surface area contributed by atoms with Crippen LogP contribution < -0.4 is 5.32 Å². The maximum absolute atomic E-state index is 13.0. The van der Waals surface area contributed by atoms with Crippen LogP contribution in [0.2, 0.25) is 0 Å². The second-order valence-corrected chi connectivity index (χ2v) is 5.77. The molecule has 0 aliphatic rings. The van der Waals surface area contributed by atoms with E-state index in [0.29, 0.717) is 13.1 Å². The van der Waals surface area contributed by atoms with Gasteiger partial charge in [-0.2, -0.15) is 0 Å². The molecule has 0 spiro atoms. The van der Waals surface area contributed by atoms with Gasteiger partial charge in [0.25, 0.3) is 0 Å². The highest BCUT2D eigenvalue weighted by Crippen LogP contribution is 2.14. The van der Waals surface area contributed by atoms with E-state index >= 15 is 0 Å². The monoisotopic (exact) mass is 324 g/mol. The van der Waals surface area contributed by atoms with E-state index in [1.54, 1.807) is 19.2 Å². The highest BCUT2D eigenvalue weighted by atomic mass is 19.1. The van der Waals surface area contributed by atoms with Gasteiger partial charge in [-0.25, -0.2) is 4.39 Å². The molecule has 0 atom stereocenters. The molecule has 0 saturated heterocycles. The van der Waals surface area contributed by atoms with Crippen LogP contribution in [0.15, 0.2) is 59.6 Å². The molecule has 3 aromatic rings. The highest BCUT2D eigenvalue weighted by molar-refractivity contribution is 5.81. The Kier molecular flexibility index (Phi) is 4.79. The lowest BCUT2D eigenvalue weighted by molar-refractivity contribution is 0.475. The van der Waals surface area contributed by atoms with E-state index < -0.39 is 0 Å². The lowest BCUT2D eigenvalue weighted by Crippen LogP contribution is -2.38. The predicted molar refractivity (Wildman–Crippen MR) is 96.4 cm³/mol. The molecule has 0 aliphatic carbocycles. The number of nitrogens with zero attached hydrogens (tertiary/aromatic N) is 2. The quantitative estimate of drug-likeness (QED) is 0.570. The summed E-state index contributed by atoms with van der Waals surface area (Å²) in [7, 11) is 3.72. The normalized spacial score (nSPS) is 11.7. The first-order valence-electron chi connectivity index (χ1n) is 7.88. The van der Waals surface area contributed by atoms with Crippen molar-refractivity contribution in [2.45, 2.75) is 13.1 Å². The van der Waals surface area contributed by atoms with Crippen molar-refractivity contribution in [2.75, 3.05) is 14.1 Å². The number of nitrogens with one attached hydrogen (secondary N) is 2. The average Bonchev–Trinajstić information content (AvgIpc) is 3.00. The first kappa shape index (κ1) is 16.1. The van der Waals surface area contributed by atoms with Crippen molar-refractivity contribution in [1.82, 2.24) is 15.2 Å². The first-order chi connectivity index (χ1) is 11.7. The molecule has 4 nitrogen and oxygen atoms in total. The molecular weight excluding hydrogens is 303 g/mol. The van der Waals surface area contributed by atoms with Gasteiger partial charge in [0.2, 0.25) is 0 Å². The van der Waals surface area contributed by atoms with Gasteiger partial charge in [0.05, 0.1) is 6.54 Å². The SMILES string of the molecule is CN=C(NCc1cc2ccccc2[nH]1)N(C)Cc1ccc(F)cc1. The third kappa shape index (κ3) is 3.74. The zero-order valence-corrected chi connectivity index (χ0v) is 13.9. The highest BCUT2D eigenvalue weighted by Gasteiger charge is 2.08. The maximum Gasteiger partial charge on any atom is 0.194 e. The lowest BCUT2D eigenvalue weighted by Gasteiger charge is -2.22. The molecule has 1 aromatic heterocycles. The van der Waals surface area contributed by atoms with E-state index in [0.717, 1.165) is 22.7 Å². The molecule has 0 radical (unpaired) electrons. The van der Waals surface area contributed by atoms with Crippen molar-refractivity contribution in [1.29, 1.82) is 0 Å². The van der Waals surface area contributed by atoms with Crippen LogP contribution in [0.1, 0.15) is 11.3 Å². The standard InChI is InChI=1S/C19H21FN4/c1-21-19(24(2)13-14-7-9-16(20)10-8-14)22-12-17-11-15-5-3-4-6-18(15)23-17/h3-11,23H,12-13H2,1-2H3,(H,21,22). The third-order valence-electron chi connectivity index (χ3n) is 3.93. The summed E-state index contributed by atoms with van der Waals surface area (Å²) in [6.07, 6.45) is 0. The van der Waals surface area contributed by atoms with E-state index in [-0.39, 0.29) is 5.82 Å². The van der Waals surface area contributed by atoms with Crippen molar-refractivity contribution in [3.05, 3.63) is 71.7 Å². The maximum atomic E-state index is 13.0. The molecule has 0 saturated carbocycles. The molecule has 2 aromatic carbocycles. The zero-order valence-electron chi connectivity index (χ0n) is 13.9. The number of hydrogen-bond donors (Lipinski definition) is 2. The molecule has 5 heteroatoms. The number of H-pyrrole nitrogens is 1. The summed E-state index contributed by atoms with van der Waals surface area (Å²) in [5, 5.41) is 4.55. The zero-order chi connectivity index (χ0) is 16.9. The van der Waals surface area contributed by atoms with Crippen molar-refractivity contribution in [3.63, 3.8) is 0 Å². The summed E-state index contributed by atoms with van der Waals surface area (Å²) in [6.45, 7) is 1.32. The van der Waals surface area contributed by atoms with Crippen LogP contribution in [0, 0.1) is 5.82 Å². The number of benzene rings is 2. The first-order valence-corrected chi connectivity index (χ1v) is 7.88. The van der Waals surface area contributed by atoms with Gasteiger partial charge in [-0.1, -0.05) is 30.3 Å². The minimum Gasteiger partial charge on any atom is -0.357 e. The molecule has 0 fully saturated rings. The van der Waals surface area contributed by atoms with Gasteiger partial charge >= 0.3 is 0 Å². The number of aromatic nitrogens is 1. The molecule has 0 amide bonds. The Morgan fingerprint density at radius 2 is 1.92 bits per heavy atom. The van der Waals surface area contributed by atoms with Crippen LogP contribution in [-0.2, 0) is 13.1 Å². The molecule has 0 unspecified atom stereocenters. The summed E-state index contributed by atoms with van der Waals surface area (Å²) in [5.74, 6) is 0.570. The Bertz CT molecular complexity index is 803. The fourth-order valence-electron chi connectivity index (χ4n) is 2.73. The lowest BCUT2D eigenvalue weighted by atomic mass is 10.2. The largest absolute Gasteiger partial charge is 0.357 e. The summed E-state index contributed by atoms with van der Waals surface area (Å²) in [4.78, 5) is 9.72. The van der Waals surface area contributed by atoms with Gasteiger partial charge in [-0.15, -0.1) is 0 Å². The number of hydrogen-bond acceptors (Lipinski definition) is 1. The smallest absolute Gasteiger partial charge is 0.194 e. The number of para-hydroxylation sites is 1. The average molecular weight is 324 g/mol. The Hall–Kier alpha value is -2.82. The summed E-state index contributed by atoms with van der Waals surface area (Å²) in [5.41, 5.74) is 3.27. The van der Waals surface area contributed by atoms with Crippen molar-refractivity contribution >= 4 is 16.9 Å². The molecular formula is C19H21FN4. The van der Waals surface area contributed by atoms with E-state index in [2.05, 4.69) is 33.5 Å². The fourth-order valence-corrected chi connectivity index (χ4v) is 2.73. The van der Waals surface area contributed by atoms with Crippen LogP contribution in [0.5, 0.6) is 0 Å². The van der Waals surface area contributed by atoms with Crippen molar-refractivity contribution in [3.8, 4) is 0 Å². The number of fused-ring (bicyclic) bond motifs is 1. The van der Waals surface area contributed by atoms with E-state index in [1.165, 1.54) is 17.5 Å². The topological polar surface area (TPSA) is 43.4 Å². The summed E-state index contributed by atoms with van der Waals surface area (Å²) in [6, 6.07) is 16.9. The van der Waals surface area contributed by atoms with Gasteiger partial charge in [0.1, 0.15) is 5.82 Å². The fraction of sp³-hybridized carbons (Fsp3) is 0.211. The molecule has 124 valence electrons. The number of rotatable bonds is 4. The molecule has 24 heavy (non-hydrogen) atoms. The van der Waals surface area contributed by atoms with E-state index in [4.69, 9.17) is 0 Å². The molecule has 3 rings (SSSR count). The second kappa shape index (κ2) is 7.17. The Morgan fingerprint density at radius 1 is 1.17 bits per heavy atom. The van der Waals surface area contributed by atoms with Crippen LogP contribution in [0.3, 0.4) is 0 Å². The summed E-state index contributed by atoms with van der Waals surface area (Å²) >= 11 is 0. The molecule has 0 bridgehead atoms. The number of aliphatic imine (C=N–C) groups is 1. The van der Waals surface area contributed by atoms with Crippen LogP contribution in [-0.4, -0.2) is 29.9 Å². The number of guanidine groups is 1. The Morgan fingerprint density at radius 3 is 2.62 bits per heavy atom. The van der Waals surface area contributed by atoms with Gasteiger partial charge in [0.15, 0.2) is 5.96 Å². The minimum absolute atomic E-state index is 0.220. The molecule has 2 N–H and O–H groups in total. The minimum atomic E-state index is -0.220. The van der Waals surface area contributed by atoms with Crippen molar-refractivity contribution < 1.29 is 4.39 Å². The number of aromatic amines is 1. The van der Waals surface area contributed by atoms with Crippen LogP contribution in [0.4, 0.5) is 4.39 Å². The van der Waals surface area contributed by atoms with Crippen molar-refractivity contribution in [2.24, 2.45) is 4.99 Å². The number of halogens is 1. The molecule has 0 aliphatic heterocycles. The predicted octanol–water partition coefficient (Wildman–Crippen LogP) is 3.51. The van der Waals surface area contributed by atoms with Crippen LogP contribution >= 0.6 is 0 Å². The Balaban J connectivity index is 1.62. The van der Waals surface area contributed by atoms with E-state index in [9.17, 15) is 4.39 Å². The van der Waals surface area contributed by atoms with Gasteiger partial charge in [0, 0.05) is 31.9 Å². The molecule has 1 heterocycles. The van der Waals surface area contributed by atoms with Gasteiger partial charge < -0.3 is 15.2 Å².